The van der Waals surface area contributed by atoms with Crippen LogP contribution in [0.15, 0.2) is 24.3 Å². The Kier molecular flexibility index (Phi) is 3.25. The zero-order valence-corrected chi connectivity index (χ0v) is 10.4. The molecule has 1 aliphatic carbocycles. The van der Waals surface area contributed by atoms with Gasteiger partial charge in [-0.1, -0.05) is 36.7 Å². The lowest BCUT2D eigenvalue weighted by Crippen LogP contribution is -2.54. The minimum atomic E-state index is -1.16. The first kappa shape index (κ1) is 12.6. The number of aliphatic hydroxyl groups excluding tert-OH is 1. The molecule has 1 aliphatic rings. The third kappa shape index (κ3) is 2.10. The van der Waals surface area contributed by atoms with Crippen LogP contribution in [0.3, 0.4) is 0 Å². The van der Waals surface area contributed by atoms with Gasteiger partial charge in [0.2, 0.25) is 0 Å². The molecular formula is C13H16ClNO2. The van der Waals surface area contributed by atoms with Crippen LogP contribution < -0.4 is 5.73 Å². The van der Waals surface area contributed by atoms with Gasteiger partial charge in [0.15, 0.2) is 5.78 Å². The predicted molar refractivity (Wildman–Crippen MR) is 66.7 cm³/mol. The molecule has 0 bridgehead atoms. The molecule has 2 rings (SSSR count). The standard InChI is InChI=1S/C13H16ClNO2/c1-8-6-11(16)12(17)13(15,7-8)9-4-2-3-5-10(9)14/h2-5,8,11,16H,6-7,15H2,1H3/t8-,11-,13-/m1/s1. The van der Waals surface area contributed by atoms with Crippen LogP contribution in [0.4, 0.5) is 0 Å². The monoisotopic (exact) mass is 253 g/mol. The fourth-order valence-corrected chi connectivity index (χ4v) is 2.89. The van der Waals surface area contributed by atoms with E-state index in [0.29, 0.717) is 23.4 Å². The predicted octanol–water partition coefficient (Wildman–Crippen LogP) is 1.85. The van der Waals surface area contributed by atoms with E-state index in [4.69, 9.17) is 17.3 Å². The van der Waals surface area contributed by atoms with E-state index >= 15 is 0 Å². The lowest BCUT2D eigenvalue weighted by Gasteiger charge is -2.38. The average Bonchev–Trinajstić information content (AvgIpc) is 2.26. The summed E-state index contributed by atoms with van der Waals surface area (Å²) in [5.74, 6) is -0.132. The van der Waals surface area contributed by atoms with Gasteiger partial charge in [0.25, 0.3) is 0 Å². The molecule has 1 aromatic rings. The van der Waals surface area contributed by atoms with Crippen LogP contribution in [-0.4, -0.2) is 17.0 Å². The van der Waals surface area contributed by atoms with Gasteiger partial charge in [0.05, 0.1) is 0 Å². The Hall–Kier alpha value is -0.900. The summed E-state index contributed by atoms with van der Waals surface area (Å²) < 4.78 is 0. The van der Waals surface area contributed by atoms with Crippen LogP contribution in [0.25, 0.3) is 0 Å². The van der Waals surface area contributed by atoms with Crippen molar-refractivity contribution >= 4 is 17.4 Å². The molecule has 0 amide bonds. The first-order chi connectivity index (χ1) is 7.95. The molecule has 3 N–H and O–H groups in total. The summed E-state index contributed by atoms with van der Waals surface area (Å²) in [7, 11) is 0. The van der Waals surface area contributed by atoms with Crippen LogP contribution in [0.5, 0.6) is 0 Å². The van der Waals surface area contributed by atoms with Gasteiger partial charge in [-0.15, -0.1) is 0 Å². The Morgan fingerprint density at radius 2 is 2.12 bits per heavy atom. The Morgan fingerprint density at radius 1 is 1.47 bits per heavy atom. The third-order valence-corrected chi connectivity index (χ3v) is 3.72. The van der Waals surface area contributed by atoms with Gasteiger partial charge in [-0.25, -0.2) is 0 Å². The van der Waals surface area contributed by atoms with E-state index < -0.39 is 11.6 Å². The molecule has 1 saturated carbocycles. The molecule has 3 atom stereocenters. The number of benzene rings is 1. The van der Waals surface area contributed by atoms with Gasteiger partial charge in [-0.05, 0) is 30.4 Å². The highest BCUT2D eigenvalue weighted by molar-refractivity contribution is 6.31. The Balaban J connectivity index is 2.47. The molecule has 4 heteroatoms. The molecular weight excluding hydrogens is 238 g/mol. The van der Waals surface area contributed by atoms with Crippen molar-refractivity contribution < 1.29 is 9.90 Å². The number of hydrogen-bond acceptors (Lipinski definition) is 3. The number of rotatable bonds is 1. The van der Waals surface area contributed by atoms with Gasteiger partial charge in [-0.2, -0.15) is 0 Å². The van der Waals surface area contributed by atoms with Gasteiger partial charge in [0.1, 0.15) is 11.6 Å². The lowest BCUT2D eigenvalue weighted by atomic mass is 9.71. The molecule has 17 heavy (non-hydrogen) atoms. The minimum Gasteiger partial charge on any atom is -0.385 e. The third-order valence-electron chi connectivity index (χ3n) is 3.39. The van der Waals surface area contributed by atoms with E-state index in [9.17, 15) is 9.90 Å². The molecule has 1 fully saturated rings. The number of carbonyl (C=O) groups excluding carboxylic acids is 1. The zero-order valence-electron chi connectivity index (χ0n) is 9.69. The summed E-state index contributed by atoms with van der Waals surface area (Å²) in [4.78, 5) is 12.1. The number of carbonyl (C=O) groups is 1. The highest BCUT2D eigenvalue weighted by Crippen LogP contribution is 2.38. The van der Waals surface area contributed by atoms with E-state index in [-0.39, 0.29) is 11.7 Å². The summed E-state index contributed by atoms with van der Waals surface area (Å²) in [6.45, 7) is 1.98. The second-order valence-electron chi connectivity index (χ2n) is 4.88. The second kappa shape index (κ2) is 4.41. The van der Waals surface area contributed by atoms with Crippen molar-refractivity contribution in [2.45, 2.75) is 31.4 Å². The van der Waals surface area contributed by atoms with E-state index in [1.165, 1.54) is 0 Å². The van der Waals surface area contributed by atoms with Crippen LogP contribution in [-0.2, 0) is 10.3 Å². The summed E-state index contributed by atoms with van der Waals surface area (Å²) in [5.41, 5.74) is 5.66. The first-order valence-corrected chi connectivity index (χ1v) is 6.09. The summed E-state index contributed by atoms with van der Waals surface area (Å²) in [6, 6.07) is 7.06. The molecule has 1 aromatic carbocycles. The van der Waals surface area contributed by atoms with Crippen molar-refractivity contribution in [1.29, 1.82) is 0 Å². The van der Waals surface area contributed by atoms with Crippen LogP contribution in [0, 0.1) is 5.92 Å². The first-order valence-electron chi connectivity index (χ1n) is 5.71. The number of aliphatic hydroxyl groups is 1. The van der Waals surface area contributed by atoms with Crippen LogP contribution >= 0.6 is 11.6 Å². The molecule has 0 saturated heterocycles. The zero-order chi connectivity index (χ0) is 12.6. The van der Waals surface area contributed by atoms with Crippen molar-refractivity contribution in [3.63, 3.8) is 0 Å². The minimum absolute atomic E-state index is 0.198. The molecule has 0 spiro atoms. The van der Waals surface area contributed by atoms with Crippen LogP contribution in [0.2, 0.25) is 5.02 Å². The van der Waals surface area contributed by atoms with Crippen molar-refractivity contribution in [3.8, 4) is 0 Å². The van der Waals surface area contributed by atoms with E-state index in [2.05, 4.69) is 0 Å². The molecule has 3 nitrogen and oxygen atoms in total. The summed E-state index contributed by atoms with van der Waals surface area (Å²) >= 11 is 6.09. The number of nitrogens with two attached hydrogens (primary N) is 1. The molecule has 0 aromatic heterocycles. The van der Waals surface area contributed by atoms with Crippen molar-refractivity contribution in [3.05, 3.63) is 34.9 Å². The maximum Gasteiger partial charge on any atom is 0.185 e. The summed E-state index contributed by atoms with van der Waals surface area (Å²) in [5, 5.41) is 10.2. The van der Waals surface area contributed by atoms with Crippen molar-refractivity contribution in [1.82, 2.24) is 0 Å². The van der Waals surface area contributed by atoms with Crippen LogP contribution in [0.1, 0.15) is 25.3 Å². The summed E-state index contributed by atoms with van der Waals surface area (Å²) in [6.07, 6.45) is 0.00881. The SMILES string of the molecule is C[C@@H]1C[C@@H](O)C(=O)[C@](N)(c2ccccc2Cl)C1. The molecule has 0 unspecified atom stereocenters. The van der Waals surface area contributed by atoms with E-state index in [0.717, 1.165) is 0 Å². The molecule has 0 aliphatic heterocycles. The highest BCUT2D eigenvalue weighted by atomic mass is 35.5. The Labute approximate surface area is 106 Å². The second-order valence-corrected chi connectivity index (χ2v) is 5.28. The molecule has 92 valence electrons. The fourth-order valence-electron chi connectivity index (χ4n) is 2.58. The number of ketones is 1. The Bertz CT molecular complexity index is 449. The fraction of sp³-hybridized carbons (Fsp3) is 0.462. The Morgan fingerprint density at radius 3 is 2.76 bits per heavy atom. The number of hydrogen-bond donors (Lipinski definition) is 2. The largest absolute Gasteiger partial charge is 0.385 e. The van der Waals surface area contributed by atoms with Gasteiger partial charge >= 0.3 is 0 Å². The molecule has 0 heterocycles. The van der Waals surface area contributed by atoms with Gasteiger partial charge in [0, 0.05) is 5.02 Å². The lowest BCUT2D eigenvalue weighted by molar-refractivity contribution is -0.137. The van der Waals surface area contributed by atoms with E-state index in [1.807, 2.05) is 6.92 Å². The average molecular weight is 254 g/mol. The normalized spacial score (nSPS) is 33.8. The van der Waals surface area contributed by atoms with Crippen molar-refractivity contribution in [2.24, 2.45) is 11.7 Å². The number of Topliss-reactive ketones (excluding diaryl/α,β-unsaturated/α-hetero) is 1. The van der Waals surface area contributed by atoms with E-state index in [1.54, 1.807) is 24.3 Å². The van der Waals surface area contributed by atoms with Gasteiger partial charge < -0.3 is 10.8 Å². The maximum absolute atomic E-state index is 12.1. The molecule has 0 radical (unpaired) electrons. The topological polar surface area (TPSA) is 63.3 Å². The van der Waals surface area contributed by atoms with Gasteiger partial charge in [-0.3, -0.25) is 4.79 Å². The van der Waals surface area contributed by atoms with Crippen molar-refractivity contribution in [2.75, 3.05) is 0 Å². The highest BCUT2D eigenvalue weighted by Gasteiger charge is 2.45. The maximum atomic E-state index is 12.1. The quantitative estimate of drug-likeness (QED) is 0.803. The smallest absolute Gasteiger partial charge is 0.185 e. The number of halogens is 1.